The standard InChI is InChI=1S/C17H11ClF2N2O2/c18-16-8-10-3-1-2-4-14(10)22(16)17(24)21-9-15(23)11-5-6-12(19)13(20)7-11/h1-8H,9H2,(H,21,24). The van der Waals surface area contributed by atoms with Gasteiger partial charge in [-0.05, 0) is 30.3 Å². The fourth-order valence-corrected chi connectivity index (χ4v) is 2.62. The van der Waals surface area contributed by atoms with Crippen molar-refractivity contribution in [2.75, 3.05) is 6.54 Å². The number of nitrogens with one attached hydrogen (secondary N) is 1. The number of halogens is 3. The third-order valence-corrected chi connectivity index (χ3v) is 3.79. The van der Waals surface area contributed by atoms with E-state index in [4.69, 9.17) is 11.6 Å². The van der Waals surface area contributed by atoms with Crippen LogP contribution in [-0.4, -0.2) is 22.9 Å². The predicted molar refractivity (Wildman–Crippen MR) is 86.4 cm³/mol. The quantitative estimate of drug-likeness (QED) is 0.727. The van der Waals surface area contributed by atoms with Gasteiger partial charge in [0.1, 0.15) is 5.15 Å². The molecule has 0 aliphatic carbocycles. The molecule has 0 atom stereocenters. The van der Waals surface area contributed by atoms with Crippen LogP contribution in [-0.2, 0) is 0 Å². The minimum atomic E-state index is -1.12. The molecule has 0 aliphatic heterocycles. The molecular formula is C17H11ClF2N2O2. The Labute approximate surface area is 140 Å². The molecule has 1 heterocycles. The van der Waals surface area contributed by atoms with Crippen LogP contribution in [0.1, 0.15) is 10.4 Å². The van der Waals surface area contributed by atoms with Crippen molar-refractivity contribution in [1.82, 2.24) is 9.88 Å². The molecule has 1 N–H and O–H groups in total. The molecule has 1 aromatic heterocycles. The molecule has 0 saturated carbocycles. The highest BCUT2D eigenvalue weighted by atomic mass is 35.5. The van der Waals surface area contributed by atoms with Crippen LogP contribution in [0.5, 0.6) is 0 Å². The maximum atomic E-state index is 13.2. The molecule has 0 radical (unpaired) electrons. The molecule has 122 valence electrons. The third-order valence-electron chi connectivity index (χ3n) is 3.51. The van der Waals surface area contributed by atoms with Gasteiger partial charge in [0.15, 0.2) is 17.4 Å². The largest absolute Gasteiger partial charge is 0.330 e. The number of nitrogens with zero attached hydrogens (tertiary/aromatic N) is 1. The van der Waals surface area contributed by atoms with Gasteiger partial charge < -0.3 is 5.32 Å². The maximum Gasteiger partial charge on any atom is 0.327 e. The van der Waals surface area contributed by atoms with Crippen LogP contribution in [0.25, 0.3) is 10.9 Å². The highest BCUT2D eigenvalue weighted by Gasteiger charge is 2.15. The maximum absolute atomic E-state index is 13.2. The van der Waals surface area contributed by atoms with E-state index in [1.807, 2.05) is 6.07 Å². The van der Waals surface area contributed by atoms with Crippen molar-refractivity contribution < 1.29 is 18.4 Å². The van der Waals surface area contributed by atoms with Crippen LogP contribution in [0.15, 0.2) is 48.5 Å². The lowest BCUT2D eigenvalue weighted by Gasteiger charge is -2.08. The number of hydrogen-bond donors (Lipinski definition) is 1. The molecule has 0 unspecified atom stereocenters. The lowest BCUT2D eigenvalue weighted by Crippen LogP contribution is -2.33. The van der Waals surface area contributed by atoms with Gasteiger partial charge in [-0.15, -0.1) is 0 Å². The monoisotopic (exact) mass is 348 g/mol. The Kier molecular flexibility index (Phi) is 4.31. The van der Waals surface area contributed by atoms with Gasteiger partial charge >= 0.3 is 6.03 Å². The second-order valence-electron chi connectivity index (χ2n) is 5.07. The Morgan fingerprint density at radius 1 is 1.04 bits per heavy atom. The molecule has 0 aliphatic rings. The minimum absolute atomic E-state index is 0.0299. The number of para-hydroxylation sites is 1. The molecule has 1 amide bonds. The normalized spacial score (nSPS) is 10.8. The second-order valence-corrected chi connectivity index (χ2v) is 5.46. The fraction of sp³-hybridized carbons (Fsp3) is 0.0588. The Bertz CT molecular complexity index is 953. The summed E-state index contributed by atoms with van der Waals surface area (Å²) >= 11 is 6.06. The zero-order chi connectivity index (χ0) is 17.3. The number of Topliss-reactive ketones (excluding diaryl/α,β-unsaturated/α-hetero) is 1. The SMILES string of the molecule is O=C(CNC(=O)n1c(Cl)cc2ccccc21)c1ccc(F)c(F)c1. The highest BCUT2D eigenvalue weighted by molar-refractivity contribution is 6.32. The smallest absolute Gasteiger partial charge is 0.327 e. The van der Waals surface area contributed by atoms with Crippen molar-refractivity contribution in [2.45, 2.75) is 0 Å². The number of rotatable bonds is 3. The Morgan fingerprint density at radius 3 is 2.54 bits per heavy atom. The predicted octanol–water partition coefficient (Wildman–Crippen LogP) is 4.01. The molecular weight excluding hydrogens is 338 g/mol. The van der Waals surface area contributed by atoms with Gasteiger partial charge in [-0.3, -0.25) is 9.36 Å². The van der Waals surface area contributed by atoms with E-state index in [1.54, 1.807) is 24.3 Å². The van der Waals surface area contributed by atoms with Crippen molar-refractivity contribution in [2.24, 2.45) is 0 Å². The molecule has 0 fully saturated rings. The van der Waals surface area contributed by atoms with E-state index in [0.29, 0.717) is 5.52 Å². The van der Waals surface area contributed by atoms with E-state index in [9.17, 15) is 18.4 Å². The first-order valence-corrected chi connectivity index (χ1v) is 7.37. The molecule has 0 saturated heterocycles. The number of ketones is 1. The number of benzene rings is 2. The van der Waals surface area contributed by atoms with Gasteiger partial charge in [-0.2, -0.15) is 0 Å². The molecule has 3 aromatic rings. The molecule has 4 nitrogen and oxygen atoms in total. The van der Waals surface area contributed by atoms with Crippen LogP contribution < -0.4 is 5.32 Å². The third kappa shape index (κ3) is 3.00. The lowest BCUT2D eigenvalue weighted by molar-refractivity contribution is 0.0992. The van der Waals surface area contributed by atoms with Crippen molar-refractivity contribution in [1.29, 1.82) is 0 Å². The van der Waals surface area contributed by atoms with E-state index in [-0.39, 0.29) is 17.3 Å². The van der Waals surface area contributed by atoms with E-state index >= 15 is 0 Å². The van der Waals surface area contributed by atoms with Crippen molar-refractivity contribution in [3.05, 3.63) is 70.9 Å². The number of aromatic nitrogens is 1. The average Bonchev–Trinajstić information content (AvgIpc) is 2.90. The summed E-state index contributed by atoms with van der Waals surface area (Å²) in [7, 11) is 0. The summed E-state index contributed by atoms with van der Waals surface area (Å²) in [6, 6.07) is 11.0. The van der Waals surface area contributed by atoms with Gasteiger partial charge in [0.05, 0.1) is 12.1 Å². The molecule has 24 heavy (non-hydrogen) atoms. The van der Waals surface area contributed by atoms with Gasteiger partial charge in [-0.1, -0.05) is 29.8 Å². The van der Waals surface area contributed by atoms with Crippen LogP contribution in [0.3, 0.4) is 0 Å². The van der Waals surface area contributed by atoms with E-state index in [0.717, 1.165) is 23.6 Å². The zero-order valence-electron chi connectivity index (χ0n) is 12.2. The molecule has 0 spiro atoms. The summed E-state index contributed by atoms with van der Waals surface area (Å²) < 4.78 is 27.3. The molecule has 2 aromatic carbocycles. The first kappa shape index (κ1) is 16.1. The van der Waals surface area contributed by atoms with Gasteiger partial charge in [-0.25, -0.2) is 13.6 Å². The van der Waals surface area contributed by atoms with Gasteiger partial charge in [0.2, 0.25) is 0 Å². The van der Waals surface area contributed by atoms with Gasteiger partial charge in [0.25, 0.3) is 0 Å². The summed E-state index contributed by atoms with van der Waals surface area (Å²) in [6.45, 7) is -0.368. The Balaban J connectivity index is 1.76. The lowest BCUT2D eigenvalue weighted by atomic mass is 10.1. The highest BCUT2D eigenvalue weighted by Crippen LogP contribution is 2.23. The number of fused-ring (bicyclic) bond motifs is 1. The summed E-state index contributed by atoms with van der Waals surface area (Å²) in [5, 5.41) is 3.41. The summed E-state index contributed by atoms with van der Waals surface area (Å²) in [4.78, 5) is 24.3. The van der Waals surface area contributed by atoms with Crippen LogP contribution in [0, 0.1) is 11.6 Å². The topological polar surface area (TPSA) is 51.1 Å². The van der Waals surface area contributed by atoms with Crippen molar-refractivity contribution in [3.63, 3.8) is 0 Å². The number of hydrogen-bond acceptors (Lipinski definition) is 2. The van der Waals surface area contributed by atoms with Crippen LogP contribution in [0.2, 0.25) is 5.15 Å². The van der Waals surface area contributed by atoms with Crippen LogP contribution in [0.4, 0.5) is 13.6 Å². The number of carbonyl (C=O) groups is 2. The Hall–Kier alpha value is -2.73. The van der Waals surface area contributed by atoms with E-state index in [1.165, 1.54) is 4.57 Å². The molecule has 3 rings (SSSR count). The summed E-state index contributed by atoms with van der Waals surface area (Å²) in [5.74, 6) is -2.71. The summed E-state index contributed by atoms with van der Waals surface area (Å²) in [5.41, 5.74) is 0.568. The first-order valence-electron chi connectivity index (χ1n) is 7.00. The van der Waals surface area contributed by atoms with Crippen LogP contribution >= 0.6 is 11.6 Å². The average molecular weight is 349 g/mol. The van der Waals surface area contributed by atoms with E-state index in [2.05, 4.69) is 5.32 Å². The van der Waals surface area contributed by atoms with E-state index < -0.39 is 23.4 Å². The number of amides is 1. The number of carbonyl (C=O) groups excluding carboxylic acids is 2. The second kappa shape index (κ2) is 6.41. The summed E-state index contributed by atoms with van der Waals surface area (Å²) in [6.07, 6.45) is 0. The first-order chi connectivity index (χ1) is 11.5. The fourth-order valence-electron chi connectivity index (χ4n) is 2.33. The van der Waals surface area contributed by atoms with Gasteiger partial charge in [0, 0.05) is 10.9 Å². The van der Waals surface area contributed by atoms with Crippen molar-refractivity contribution >= 4 is 34.3 Å². The Morgan fingerprint density at radius 2 is 1.79 bits per heavy atom. The molecule has 7 heteroatoms. The minimum Gasteiger partial charge on any atom is -0.330 e. The van der Waals surface area contributed by atoms with Crippen molar-refractivity contribution in [3.8, 4) is 0 Å². The zero-order valence-corrected chi connectivity index (χ0v) is 13.0. The molecule has 0 bridgehead atoms.